The average molecular weight is 276 g/mol. The molecule has 0 saturated carbocycles. The molecule has 0 radical (unpaired) electrons. The van der Waals surface area contributed by atoms with Gasteiger partial charge in [0.2, 0.25) is 0 Å². The van der Waals surface area contributed by atoms with Crippen molar-refractivity contribution >= 4 is 11.6 Å². The van der Waals surface area contributed by atoms with E-state index in [-0.39, 0.29) is 11.4 Å². The van der Waals surface area contributed by atoms with Crippen LogP contribution in [0.5, 0.6) is 0 Å². The Morgan fingerprint density at radius 2 is 1.90 bits per heavy atom. The second-order valence-corrected chi connectivity index (χ2v) is 5.97. The molecule has 1 aromatic carbocycles. The highest BCUT2D eigenvalue weighted by atomic mass is 16.5. The Morgan fingerprint density at radius 1 is 1.25 bits per heavy atom. The lowest BCUT2D eigenvalue weighted by Crippen LogP contribution is -2.49. The molecule has 1 aliphatic heterocycles. The Hall–Kier alpha value is -1.55. The number of anilines is 1. The van der Waals surface area contributed by atoms with E-state index in [1.807, 2.05) is 24.3 Å². The van der Waals surface area contributed by atoms with Gasteiger partial charge in [0.25, 0.3) is 5.91 Å². The highest BCUT2D eigenvalue weighted by Crippen LogP contribution is 2.22. The highest BCUT2D eigenvalue weighted by Gasteiger charge is 2.29. The number of amides is 1. The number of carbonyl (C=O) groups is 1. The minimum Gasteiger partial charge on any atom is -0.382 e. The molecule has 1 amide bonds. The minimum absolute atomic E-state index is 0.0156. The quantitative estimate of drug-likeness (QED) is 0.889. The standard InChI is InChI=1S/C16H24N2O2/c1-12(2)17-14-7-5-4-6-13(14)15(19)18-16(3)8-10-20-11-9-16/h4-7,12,17H,8-11H2,1-3H3,(H,18,19). The lowest BCUT2D eigenvalue weighted by atomic mass is 9.92. The van der Waals surface area contributed by atoms with Gasteiger partial charge in [-0.15, -0.1) is 0 Å². The summed E-state index contributed by atoms with van der Waals surface area (Å²) in [6.07, 6.45) is 1.72. The molecule has 0 spiro atoms. The van der Waals surface area contributed by atoms with E-state index in [1.165, 1.54) is 0 Å². The summed E-state index contributed by atoms with van der Waals surface area (Å²) in [5.41, 5.74) is 1.42. The van der Waals surface area contributed by atoms with Gasteiger partial charge >= 0.3 is 0 Å². The Labute approximate surface area is 120 Å². The molecule has 1 aliphatic rings. The number of hydrogen-bond acceptors (Lipinski definition) is 3. The molecule has 0 bridgehead atoms. The van der Waals surface area contributed by atoms with Crippen LogP contribution in [0.3, 0.4) is 0 Å². The van der Waals surface area contributed by atoms with Crippen LogP contribution in [0.25, 0.3) is 0 Å². The molecular formula is C16H24N2O2. The summed E-state index contributed by atoms with van der Waals surface area (Å²) in [6.45, 7) is 7.64. The smallest absolute Gasteiger partial charge is 0.253 e. The summed E-state index contributed by atoms with van der Waals surface area (Å²) in [7, 11) is 0. The largest absolute Gasteiger partial charge is 0.382 e. The summed E-state index contributed by atoms with van der Waals surface area (Å²) in [5.74, 6) is -0.0156. The van der Waals surface area contributed by atoms with Gasteiger partial charge in [0.05, 0.1) is 5.56 Å². The number of nitrogens with one attached hydrogen (secondary N) is 2. The Morgan fingerprint density at radius 3 is 2.55 bits per heavy atom. The normalized spacial score (nSPS) is 17.8. The highest BCUT2D eigenvalue weighted by molar-refractivity contribution is 6.00. The molecule has 2 rings (SSSR count). The van der Waals surface area contributed by atoms with Gasteiger partial charge < -0.3 is 15.4 Å². The van der Waals surface area contributed by atoms with Crippen molar-refractivity contribution in [2.24, 2.45) is 0 Å². The topological polar surface area (TPSA) is 50.4 Å². The Bertz CT molecular complexity index is 465. The fraction of sp³-hybridized carbons (Fsp3) is 0.562. The van der Waals surface area contributed by atoms with E-state index in [2.05, 4.69) is 31.4 Å². The molecule has 110 valence electrons. The predicted octanol–water partition coefficient (Wildman–Crippen LogP) is 2.81. The number of para-hydroxylation sites is 1. The van der Waals surface area contributed by atoms with Crippen LogP contribution in [0.4, 0.5) is 5.69 Å². The van der Waals surface area contributed by atoms with Crippen LogP contribution in [0.1, 0.15) is 44.0 Å². The summed E-state index contributed by atoms with van der Waals surface area (Å²) in [6, 6.07) is 7.94. The first-order chi connectivity index (χ1) is 9.50. The average Bonchev–Trinajstić information content (AvgIpc) is 2.38. The molecule has 20 heavy (non-hydrogen) atoms. The molecule has 1 aromatic rings. The van der Waals surface area contributed by atoms with Crippen molar-refractivity contribution in [3.05, 3.63) is 29.8 Å². The van der Waals surface area contributed by atoms with Crippen LogP contribution >= 0.6 is 0 Å². The van der Waals surface area contributed by atoms with Crippen LogP contribution < -0.4 is 10.6 Å². The van der Waals surface area contributed by atoms with E-state index in [0.29, 0.717) is 24.8 Å². The fourth-order valence-corrected chi connectivity index (χ4v) is 2.41. The van der Waals surface area contributed by atoms with Crippen molar-refractivity contribution in [3.63, 3.8) is 0 Å². The van der Waals surface area contributed by atoms with Crippen molar-refractivity contribution in [2.45, 2.75) is 45.2 Å². The van der Waals surface area contributed by atoms with Gasteiger partial charge in [-0.25, -0.2) is 0 Å². The lowest BCUT2D eigenvalue weighted by Gasteiger charge is -2.34. The third kappa shape index (κ3) is 3.73. The van der Waals surface area contributed by atoms with Gasteiger partial charge in [0, 0.05) is 30.5 Å². The first-order valence-electron chi connectivity index (χ1n) is 7.26. The SMILES string of the molecule is CC(C)Nc1ccccc1C(=O)NC1(C)CCOCC1. The molecule has 1 saturated heterocycles. The molecule has 1 fully saturated rings. The van der Waals surface area contributed by atoms with Crippen LogP contribution in [0.2, 0.25) is 0 Å². The molecule has 1 heterocycles. The van der Waals surface area contributed by atoms with Crippen molar-refractivity contribution < 1.29 is 9.53 Å². The number of rotatable bonds is 4. The monoisotopic (exact) mass is 276 g/mol. The lowest BCUT2D eigenvalue weighted by molar-refractivity contribution is 0.0423. The van der Waals surface area contributed by atoms with Crippen molar-refractivity contribution in [3.8, 4) is 0 Å². The minimum atomic E-state index is -0.166. The van der Waals surface area contributed by atoms with Crippen LogP contribution in [0, 0.1) is 0 Å². The van der Waals surface area contributed by atoms with E-state index in [1.54, 1.807) is 0 Å². The van der Waals surface area contributed by atoms with Crippen LogP contribution in [0.15, 0.2) is 24.3 Å². The zero-order valence-electron chi connectivity index (χ0n) is 12.5. The molecule has 0 aliphatic carbocycles. The molecule has 4 heteroatoms. The number of carbonyl (C=O) groups excluding carboxylic acids is 1. The van der Waals surface area contributed by atoms with Gasteiger partial charge in [-0.2, -0.15) is 0 Å². The first kappa shape index (κ1) is 14.9. The zero-order valence-corrected chi connectivity index (χ0v) is 12.5. The number of benzene rings is 1. The van der Waals surface area contributed by atoms with Gasteiger partial charge in [-0.3, -0.25) is 4.79 Å². The summed E-state index contributed by atoms with van der Waals surface area (Å²) >= 11 is 0. The van der Waals surface area contributed by atoms with E-state index in [9.17, 15) is 4.79 Å². The van der Waals surface area contributed by atoms with E-state index >= 15 is 0 Å². The molecule has 0 atom stereocenters. The van der Waals surface area contributed by atoms with Crippen LogP contribution in [-0.2, 0) is 4.74 Å². The second kappa shape index (κ2) is 6.27. The van der Waals surface area contributed by atoms with Crippen molar-refractivity contribution in [1.29, 1.82) is 0 Å². The maximum Gasteiger partial charge on any atom is 0.253 e. The third-order valence-corrected chi connectivity index (χ3v) is 3.63. The summed E-state index contributed by atoms with van der Waals surface area (Å²) in [5, 5.41) is 6.48. The Kier molecular flexibility index (Phi) is 4.65. The fourth-order valence-electron chi connectivity index (χ4n) is 2.41. The predicted molar refractivity (Wildman–Crippen MR) is 81.1 cm³/mol. The molecule has 2 N–H and O–H groups in total. The van der Waals surface area contributed by atoms with E-state index in [4.69, 9.17) is 4.74 Å². The third-order valence-electron chi connectivity index (χ3n) is 3.63. The summed E-state index contributed by atoms with van der Waals surface area (Å²) < 4.78 is 5.36. The van der Waals surface area contributed by atoms with E-state index in [0.717, 1.165) is 18.5 Å². The zero-order chi connectivity index (χ0) is 14.6. The van der Waals surface area contributed by atoms with Crippen LogP contribution in [-0.4, -0.2) is 30.7 Å². The van der Waals surface area contributed by atoms with Gasteiger partial charge in [-0.1, -0.05) is 12.1 Å². The Balaban J connectivity index is 2.12. The van der Waals surface area contributed by atoms with Crippen molar-refractivity contribution in [2.75, 3.05) is 18.5 Å². The number of hydrogen-bond donors (Lipinski definition) is 2. The summed E-state index contributed by atoms with van der Waals surface area (Å²) in [4.78, 5) is 12.5. The molecule has 4 nitrogen and oxygen atoms in total. The second-order valence-electron chi connectivity index (χ2n) is 5.97. The molecule has 0 unspecified atom stereocenters. The maximum absolute atomic E-state index is 12.5. The molecular weight excluding hydrogens is 252 g/mol. The molecule has 0 aromatic heterocycles. The van der Waals surface area contributed by atoms with Gasteiger partial charge in [-0.05, 0) is 45.7 Å². The van der Waals surface area contributed by atoms with Crippen molar-refractivity contribution in [1.82, 2.24) is 5.32 Å². The van der Waals surface area contributed by atoms with Gasteiger partial charge in [0.1, 0.15) is 0 Å². The first-order valence-corrected chi connectivity index (χ1v) is 7.26. The maximum atomic E-state index is 12.5. The van der Waals surface area contributed by atoms with E-state index < -0.39 is 0 Å². The number of ether oxygens (including phenoxy) is 1. The van der Waals surface area contributed by atoms with Gasteiger partial charge in [0.15, 0.2) is 0 Å².